The highest BCUT2D eigenvalue weighted by Gasteiger charge is 2.31. The van der Waals surface area contributed by atoms with Gasteiger partial charge in [-0.1, -0.05) is 25.1 Å². The summed E-state index contributed by atoms with van der Waals surface area (Å²) < 4.78 is 2.44. The molecule has 0 aliphatic carbocycles. The molecule has 15 heavy (non-hydrogen) atoms. The number of nitrogens with zero attached hydrogens (tertiary/aromatic N) is 1. The number of hydrogen-bond donors (Lipinski definition) is 0. The normalized spacial score (nSPS) is 23.3. The van der Waals surface area contributed by atoms with E-state index in [4.69, 9.17) is 0 Å². The SMILES string of the molecule is CC1CC(C)(C)n2ccc3cccc1c32. The summed E-state index contributed by atoms with van der Waals surface area (Å²) in [7, 11) is 0. The molecule has 78 valence electrons. The highest BCUT2D eigenvalue weighted by atomic mass is 15.0. The van der Waals surface area contributed by atoms with E-state index >= 15 is 0 Å². The Kier molecular flexibility index (Phi) is 1.60. The van der Waals surface area contributed by atoms with E-state index in [-0.39, 0.29) is 5.54 Å². The third-order valence-corrected chi connectivity index (χ3v) is 3.73. The smallest absolute Gasteiger partial charge is 0.0520 e. The summed E-state index contributed by atoms with van der Waals surface area (Å²) in [6, 6.07) is 8.90. The van der Waals surface area contributed by atoms with Crippen molar-refractivity contribution in [3.8, 4) is 0 Å². The van der Waals surface area contributed by atoms with Crippen LogP contribution in [0.4, 0.5) is 0 Å². The Labute approximate surface area is 90.7 Å². The van der Waals surface area contributed by atoms with E-state index in [1.54, 1.807) is 0 Å². The average Bonchev–Trinajstić information content (AvgIpc) is 2.58. The molecule has 3 rings (SSSR count). The summed E-state index contributed by atoms with van der Waals surface area (Å²) in [4.78, 5) is 0. The van der Waals surface area contributed by atoms with Gasteiger partial charge in [0, 0.05) is 11.7 Å². The van der Waals surface area contributed by atoms with Crippen LogP contribution in [0.15, 0.2) is 30.5 Å². The van der Waals surface area contributed by atoms with E-state index in [1.807, 2.05) is 0 Å². The van der Waals surface area contributed by atoms with Gasteiger partial charge in [-0.3, -0.25) is 0 Å². The summed E-state index contributed by atoms with van der Waals surface area (Å²) in [5.41, 5.74) is 3.22. The molecule has 0 N–H and O–H groups in total. The van der Waals surface area contributed by atoms with Crippen LogP contribution < -0.4 is 0 Å². The molecule has 1 nitrogen and oxygen atoms in total. The quantitative estimate of drug-likeness (QED) is 0.606. The highest BCUT2D eigenvalue weighted by Crippen LogP contribution is 2.41. The van der Waals surface area contributed by atoms with E-state index in [2.05, 4.69) is 55.8 Å². The number of aromatic nitrogens is 1. The largest absolute Gasteiger partial charge is 0.342 e. The molecule has 0 saturated heterocycles. The molecule has 1 aliphatic rings. The Balaban J connectivity index is 2.44. The van der Waals surface area contributed by atoms with Crippen LogP contribution in [0.2, 0.25) is 0 Å². The van der Waals surface area contributed by atoms with Gasteiger partial charge in [0.25, 0.3) is 0 Å². The van der Waals surface area contributed by atoms with Crippen molar-refractivity contribution in [2.45, 2.75) is 38.6 Å². The molecule has 1 aromatic heterocycles. The molecule has 0 amide bonds. The topological polar surface area (TPSA) is 4.93 Å². The molecule has 0 spiro atoms. The van der Waals surface area contributed by atoms with Crippen LogP contribution in [-0.2, 0) is 5.54 Å². The van der Waals surface area contributed by atoms with E-state index < -0.39 is 0 Å². The van der Waals surface area contributed by atoms with Gasteiger partial charge in [0.05, 0.1) is 5.52 Å². The molecule has 1 atom stereocenters. The van der Waals surface area contributed by atoms with Crippen LogP contribution in [-0.4, -0.2) is 4.57 Å². The third kappa shape index (κ3) is 1.09. The summed E-state index contributed by atoms with van der Waals surface area (Å²) in [5, 5.41) is 1.38. The minimum atomic E-state index is 0.259. The van der Waals surface area contributed by atoms with Crippen molar-refractivity contribution in [3.05, 3.63) is 36.0 Å². The highest BCUT2D eigenvalue weighted by molar-refractivity contribution is 5.84. The lowest BCUT2D eigenvalue weighted by Crippen LogP contribution is -2.31. The van der Waals surface area contributed by atoms with E-state index in [0.717, 1.165) is 0 Å². The monoisotopic (exact) mass is 199 g/mol. The second kappa shape index (κ2) is 2.66. The number of benzene rings is 1. The first-order chi connectivity index (χ1) is 7.09. The molecule has 1 aromatic carbocycles. The van der Waals surface area contributed by atoms with Crippen molar-refractivity contribution in [1.82, 2.24) is 4.57 Å². The zero-order chi connectivity index (χ0) is 10.6. The van der Waals surface area contributed by atoms with Gasteiger partial charge in [0.15, 0.2) is 0 Å². The zero-order valence-electron chi connectivity index (χ0n) is 9.62. The fourth-order valence-electron chi connectivity index (χ4n) is 3.08. The predicted octanol–water partition coefficient (Wildman–Crippen LogP) is 3.88. The summed E-state index contributed by atoms with van der Waals surface area (Å²) in [5.74, 6) is 0.672. The zero-order valence-corrected chi connectivity index (χ0v) is 9.62. The lowest BCUT2D eigenvalue weighted by Gasteiger charge is -2.36. The standard InChI is InChI=1S/C14H17N/c1-10-9-14(2,3)15-8-7-11-5-4-6-12(10)13(11)15/h4-8,10H,9H2,1-3H3. The minimum Gasteiger partial charge on any atom is -0.342 e. The maximum Gasteiger partial charge on any atom is 0.0520 e. The van der Waals surface area contributed by atoms with Crippen LogP contribution in [0.1, 0.15) is 38.7 Å². The van der Waals surface area contributed by atoms with Gasteiger partial charge in [0.1, 0.15) is 0 Å². The fourth-order valence-corrected chi connectivity index (χ4v) is 3.08. The first-order valence-electron chi connectivity index (χ1n) is 5.70. The fraction of sp³-hybridized carbons (Fsp3) is 0.429. The van der Waals surface area contributed by atoms with Crippen LogP contribution >= 0.6 is 0 Å². The molecule has 2 heterocycles. The van der Waals surface area contributed by atoms with Crippen molar-refractivity contribution in [3.63, 3.8) is 0 Å². The van der Waals surface area contributed by atoms with E-state index in [0.29, 0.717) is 5.92 Å². The number of para-hydroxylation sites is 1. The first kappa shape index (κ1) is 9.02. The van der Waals surface area contributed by atoms with Crippen LogP contribution in [0.25, 0.3) is 10.9 Å². The van der Waals surface area contributed by atoms with Crippen molar-refractivity contribution in [2.24, 2.45) is 0 Å². The van der Waals surface area contributed by atoms with E-state index in [9.17, 15) is 0 Å². The molecule has 0 bridgehead atoms. The Morgan fingerprint density at radius 3 is 2.87 bits per heavy atom. The Morgan fingerprint density at radius 1 is 1.27 bits per heavy atom. The van der Waals surface area contributed by atoms with Gasteiger partial charge < -0.3 is 4.57 Å². The van der Waals surface area contributed by atoms with Gasteiger partial charge in [-0.2, -0.15) is 0 Å². The second-order valence-electron chi connectivity index (χ2n) is 5.39. The van der Waals surface area contributed by atoms with Gasteiger partial charge >= 0.3 is 0 Å². The Bertz CT molecular complexity index is 519. The number of rotatable bonds is 0. The average molecular weight is 199 g/mol. The van der Waals surface area contributed by atoms with E-state index in [1.165, 1.54) is 22.9 Å². The van der Waals surface area contributed by atoms with Crippen molar-refractivity contribution >= 4 is 10.9 Å². The van der Waals surface area contributed by atoms with Gasteiger partial charge in [0.2, 0.25) is 0 Å². The van der Waals surface area contributed by atoms with Gasteiger partial charge in [-0.05, 0) is 43.2 Å². The maximum absolute atomic E-state index is 2.44. The molecule has 1 aliphatic heterocycles. The third-order valence-electron chi connectivity index (χ3n) is 3.73. The summed E-state index contributed by atoms with van der Waals surface area (Å²) in [6.07, 6.45) is 3.47. The van der Waals surface area contributed by atoms with Crippen LogP contribution in [0, 0.1) is 0 Å². The van der Waals surface area contributed by atoms with Crippen LogP contribution in [0.5, 0.6) is 0 Å². The van der Waals surface area contributed by atoms with Crippen molar-refractivity contribution in [2.75, 3.05) is 0 Å². The predicted molar refractivity (Wildman–Crippen MR) is 64.3 cm³/mol. The van der Waals surface area contributed by atoms with Crippen molar-refractivity contribution < 1.29 is 0 Å². The molecule has 1 unspecified atom stereocenters. The summed E-state index contributed by atoms with van der Waals surface area (Å²) >= 11 is 0. The second-order valence-corrected chi connectivity index (χ2v) is 5.39. The molecular formula is C14H17N. The molecular weight excluding hydrogens is 182 g/mol. The molecule has 0 radical (unpaired) electrons. The number of hydrogen-bond acceptors (Lipinski definition) is 0. The van der Waals surface area contributed by atoms with Gasteiger partial charge in [-0.15, -0.1) is 0 Å². The molecule has 0 saturated carbocycles. The molecule has 2 aromatic rings. The Morgan fingerprint density at radius 2 is 2.07 bits per heavy atom. The first-order valence-corrected chi connectivity index (χ1v) is 5.70. The lowest BCUT2D eigenvalue weighted by atomic mass is 9.83. The molecule has 0 fully saturated rings. The Hall–Kier alpha value is -1.24. The maximum atomic E-state index is 2.44. The lowest BCUT2D eigenvalue weighted by molar-refractivity contribution is 0.302. The minimum absolute atomic E-state index is 0.259. The van der Waals surface area contributed by atoms with Crippen LogP contribution in [0.3, 0.4) is 0 Å². The van der Waals surface area contributed by atoms with Gasteiger partial charge in [-0.25, -0.2) is 0 Å². The van der Waals surface area contributed by atoms with Crippen molar-refractivity contribution in [1.29, 1.82) is 0 Å². The molecule has 1 heteroatoms. The summed E-state index contributed by atoms with van der Waals surface area (Å²) in [6.45, 7) is 7.00.